The van der Waals surface area contributed by atoms with Gasteiger partial charge in [-0.2, -0.15) is 0 Å². The Bertz CT molecular complexity index is 168. The first-order valence-corrected chi connectivity index (χ1v) is 9.12. The van der Waals surface area contributed by atoms with Crippen molar-refractivity contribution >= 4 is 15.9 Å². The Morgan fingerprint density at radius 1 is 0.667 bits per heavy atom. The van der Waals surface area contributed by atoms with E-state index in [1.54, 1.807) is 0 Å². The van der Waals surface area contributed by atoms with Crippen LogP contribution >= 0.6 is 15.9 Å². The third-order valence-corrected chi connectivity index (χ3v) is 4.32. The van der Waals surface area contributed by atoms with Crippen LogP contribution in [-0.2, 0) is 0 Å². The van der Waals surface area contributed by atoms with Crippen LogP contribution in [0, 0.1) is 0 Å². The second kappa shape index (κ2) is 12.5. The molecular weight excluding hydrogens is 286 g/mol. The molecular formula is C16H35BrN+. The van der Waals surface area contributed by atoms with Crippen molar-refractivity contribution in [2.75, 3.05) is 32.5 Å². The summed E-state index contributed by atoms with van der Waals surface area (Å²) in [5.74, 6) is 0. The maximum atomic E-state index is 3.52. The molecule has 0 unspecified atom stereocenters. The van der Waals surface area contributed by atoms with Crippen LogP contribution in [0.3, 0.4) is 0 Å². The van der Waals surface area contributed by atoms with Crippen molar-refractivity contribution < 1.29 is 4.48 Å². The van der Waals surface area contributed by atoms with Gasteiger partial charge in [0.25, 0.3) is 0 Å². The Morgan fingerprint density at radius 2 is 1.11 bits per heavy atom. The summed E-state index contributed by atoms with van der Waals surface area (Å²) in [5.41, 5.74) is 0. The van der Waals surface area contributed by atoms with Gasteiger partial charge in [-0.25, -0.2) is 0 Å². The van der Waals surface area contributed by atoms with Crippen LogP contribution in [0.1, 0.15) is 71.1 Å². The van der Waals surface area contributed by atoms with Crippen molar-refractivity contribution in [2.24, 2.45) is 0 Å². The number of hydrogen-bond acceptors (Lipinski definition) is 0. The molecule has 0 aromatic carbocycles. The van der Waals surface area contributed by atoms with Gasteiger partial charge in [0.15, 0.2) is 0 Å². The summed E-state index contributed by atoms with van der Waals surface area (Å²) in [5, 5.41) is 1.15. The van der Waals surface area contributed by atoms with Gasteiger partial charge in [0.05, 0.1) is 27.2 Å². The summed E-state index contributed by atoms with van der Waals surface area (Å²) < 4.78 is 1.20. The lowest BCUT2D eigenvalue weighted by Crippen LogP contribution is -2.41. The highest BCUT2D eigenvalue weighted by atomic mass is 79.9. The predicted molar refractivity (Wildman–Crippen MR) is 87.5 cm³/mol. The second-order valence-electron chi connectivity index (χ2n) is 6.25. The van der Waals surface area contributed by atoms with Crippen molar-refractivity contribution in [3.8, 4) is 0 Å². The Hall–Kier alpha value is 0.440. The first kappa shape index (κ1) is 18.4. The molecule has 0 bridgehead atoms. The van der Waals surface area contributed by atoms with E-state index in [0.717, 1.165) is 5.33 Å². The van der Waals surface area contributed by atoms with Crippen molar-refractivity contribution in [1.29, 1.82) is 0 Å². The quantitative estimate of drug-likeness (QED) is 0.243. The van der Waals surface area contributed by atoms with Crippen LogP contribution in [0.5, 0.6) is 0 Å². The molecule has 0 aromatic rings. The number of unbranched alkanes of at least 4 members (excludes halogenated alkanes) is 8. The summed E-state index contributed by atoms with van der Waals surface area (Å²) in [7, 11) is 4.74. The Balaban J connectivity index is 3.23. The Labute approximate surface area is 124 Å². The van der Waals surface area contributed by atoms with Gasteiger partial charge in [0.1, 0.15) is 0 Å². The number of hydrogen-bond donors (Lipinski definition) is 0. The fraction of sp³-hybridized carbons (Fsp3) is 1.00. The van der Waals surface area contributed by atoms with E-state index in [4.69, 9.17) is 0 Å². The van der Waals surface area contributed by atoms with Crippen LogP contribution in [-0.4, -0.2) is 37.0 Å². The lowest BCUT2D eigenvalue weighted by atomic mass is 10.1. The van der Waals surface area contributed by atoms with Gasteiger partial charge < -0.3 is 4.48 Å². The minimum Gasteiger partial charge on any atom is -0.328 e. The molecule has 0 rings (SSSR count). The molecule has 2 heteroatoms. The van der Waals surface area contributed by atoms with Gasteiger partial charge in [-0.3, -0.25) is 0 Å². The van der Waals surface area contributed by atoms with E-state index in [1.165, 1.54) is 81.8 Å². The molecule has 0 aliphatic carbocycles. The molecule has 0 saturated heterocycles. The summed E-state index contributed by atoms with van der Waals surface area (Å²) in [4.78, 5) is 0. The molecule has 0 aliphatic rings. The van der Waals surface area contributed by atoms with E-state index in [-0.39, 0.29) is 0 Å². The van der Waals surface area contributed by atoms with E-state index in [0.29, 0.717) is 0 Å². The molecule has 0 heterocycles. The van der Waals surface area contributed by atoms with Crippen molar-refractivity contribution in [3.63, 3.8) is 0 Å². The van der Waals surface area contributed by atoms with Crippen molar-refractivity contribution in [2.45, 2.75) is 71.1 Å². The number of halogens is 1. The molecule has 0 saturated carbocycles. The average Bonchev–Trinajstić information content (AvgIpc) is 2.34. The zero-order valence-electron chi connectivity index (χ0n) is 13.0. The Morgan fingerprint density at radius 3 is 1.61 bits per heavy atom. The summed E-state index contributed by atoms with van der Waals surface area (Å²) in [6.45, 7) is 4.95. The van der Waals surface area contributed by atoms with Crippen LogP contribution in [0.4, 0.5) is 0 Å². The zero-order valence-corrected chi connectivity index (χ0v) is 14.6. The fourth-order valence-electron chi connectivity index (χ4n) is 2.45. The summed E-state index contributed by atoms with van der Waals surface area (Å²) in [6, 6.07) is 0. The summed E-state index contributed by atoms with van der Waals surface area (Å²) in [6.07, 6.45) is 14.2. The van der Waals surface area contributed by atoms with E-state index < -0.39 is 0 Å². The van der Waals surface area contributed by atoms with Gasteiger partial charge in [-0.15, -0.1) is 0 Å². The molecule has 0 spiro atoms. The Kier molecular flexibility index (Phi) is 12.8. The van der Waals surface area contributed by atoms with Gasteiger partial charge >= 0.3 is 0 Å². The summed E-state index contributed by atoms with van der Waals surface area (Å²) >= 11 is 3.52. The highest BCUT2D eigenvalue weighted by Gasteiger charge is 2.12. The molecule has 0 aromatic heterocycles. The molecule has 0 atom stereocenters. The van der Waals surface area contributed by atoms with Crippen molar-refractivity contribution in [3.05, 3.63) is 0 Å². The monoisotopic (exact) mass is 320 g/mol. The third-order valence-electron chi connectivity index (χ3n) is 3.76. The molecule has 18 heavy (non-hydrogen) atoms. The molecule has 0 radical (unpaired) electrons. The standard InChI is InChI=1S/C16H35BrN/c1-4-5-6-7-8-9-10-11-12-15-18(2,3)16-13-14-17/h4-16H2,1-3H3/q+1. The lowest BCUT2D eigenvalue weighted by Gasteiger charge is -2.29. The van der Waals surface area contributed by atoms with Gasteiger partial charge in [0.2, 0.25) is 0 Å². The van der Waals surface area contributed by atoms with E-state index in [2.05, 4.69) is 36.9 Å². The topological polar surface area (TPSA) is 0 Å². The number of alkyl halides is 1. The van der Waals surface area contributed by atoms with E-state index in [9.17, 15) is 0 Å². The molecule has 0 N–H and O–H groups in total. The number of nitrogens with zero attached hydrogens (tertiary/aromatic N) is 1. The minimum absolute atomic E-state index is 1.15. The number of rotatable bonds is 13. The third kappa shape index (κ3) is 12.9. The molecule has 0 aliphatic heterocycles. The minimum atomic E-state index is 1.15. The van der Waals surface area contributed by atoms with Gasteiger partial charge in [0, 0.05) is 11.8 Å². The molecule has 110 valence electrons. The van der Waals surface area contributed by atoms with Crippen LogP contribution < -0.4 is 0 Å². The maximum Gasteiger partial charge on any atom is 0.0790 e. The number of quaternary nitrogens is 1. The predicted octanol–water partition coefficient (Wildman–Crippen LogP) is 5.38. The van der Waals surface area contributed by atoms with Gasteiger partial charge in [-0.1, -0.05) is 67.8 Å². The molecule has 1 nitrogen and oxygen atoms in total. The van der Waals surface area contributed by atoms with Gasteiger partial charge in [-0.05, 0) is 12.8 Å². The normalized spacial score (nSPS) is 12.0. The highest BCUT2D eigenvalue weighted by Crippen LogP contribution is 2.11. The highest BCUT2D eigenvalue weighted by molar-refractivity contribution is 9.09. The van der Waals surface area contributed by atoms with E-state index in [1.807, 2.05) is 0 Å². The second-order valence-corrected chi connectivity index (χ2v) is 7.05. The van der Waals surface area contributed by atoms with Crippen LogP contribution in [0.25, 0.3) is 0 Å². The first-order chi connectivity index (χ1) is 8.62. The van der Waals surface area contributed by atoms with Crippen LogP contribution in [0.2, 0.25) is 0 Å². The van der Waals surface area contributed by atoms with Crippen molar-refractivity contribution in [1.82, 2.24) is 0 Å². The largest absolute Gasteiger partial charge is 0.328 e. The average molecular weight is 321 g/mol. The maximum absolute atomic E-state index is 3.52. The first-order valence-electron chi connectivity index (χ1n) is 8.00. The zero-order chi connectivity index (χ0) is 13.7. The SMILES string of the molecule is CCCCCCCCCCC[N+](C)(C)CCCBr. The molecule has 0 fully saturated rings. The smallest absolute Gasteiger partial charge is 0.0790 e. The lowest BCUT2D eigenvalue weighted by molar-refractivity contribution is -0.890. The fourth-order valence-corrected chi connectivity index (χ4v) is 2.70. The van der Waals surface area contributed by atoms with Crippen LogP contribution in [0.15, 0.2) is 0 Å². The van der Waals surface area contributed by atoms with E-state index >= 15 is 0 Å². The molecule has 0 amide bonds.